The molecule has 0 aromatic heterocycles. The number of ether oxygens (including phenoxy) is 1. The number of rotatable bonds is 6. The summed E-state index contributed by atoms with van der Waals surface area (Å²) in [5.41, 5.74) is -0.178. The van der Waals surface area contributed by atoms with Gasteiger partial charge in [-0.15, -0.1) is 0 Å². The maximum atomic E-state index is 12.7. The van der Waals surface area contributed by atoms with Gasteiger partial charge in [0.15, 0.2) is 0 Å². The maximum absolute atomic E-state index is 12.7. The van der Waals surface area contributed by atoms with Gasteiger partial charge in [0.25, 0.3) is 0 Å². The summed E-state index contributed by atoms with van der Waals surface area (Å²) in [5.74, 6) is 0.212. The lowest BCUT2D eigenvalue weighted by Gasteiger charge is -2.42. The lowest BCUT2D eigenvalue weighted by molar-refractivity contribution is -0.137. The molecule has 1 amide bonds. The minimum Gasteiger partial charge on any atom is -0.396 e. The van der Waals surface area contributed by atoms with Crippen molar-refractivity contribution in [3.05, 3.63) is 0 Å². The first-order valence-corrected chi connectivity index (χ1v) is 8.87. The molecule has 1 N–H and O–H groups in total. The Morgan fingerprint density at radius 1 is 1.17 bits per heavy atom. The molecule has 0 aromatic carbocycles. The number of likely N-dealkylation sites (N-methyl/N-ethyl adjacent to an activating group) is 1. The van der Waals surface area contributed by atoms with Crippen LogP contribution in [0.5, 0.6) is 0 Å². The Morgan fingerprint density at radius 3 is 2.74 bits per heavy atom. The summed E-state index contributed by atoms with van der Waals surface area (Å²) < 4.78 is 5.19. The van der Waals surface area contributed by atoms with E-state index in [9.17, 15) is 9.90 Å². The van der Waals surface area contributed by atoms with Gasteiger partial charge in [-0.3, -0.25) is 9.69 Å². The van der Waals surface area contributed by atoms with Crippen molar-refractivity contribution in [3.63, 3.8) is 0 Å². The third kappa shape index (κ3) is 5.41. The van der Waals surface area contributed by atoms with E-state index in [1.807, 2.05) is 4.90 Å². The largest absolute Gasteiger partial charge is 0.396 e. The number of carbonyl (C=O) groups excluding carboxylic acids is 1. The van der Waals surface area contributed by atoms with Crippen LogP contribution < -0.4 is 0 Å². The van der Waals surface area contributed by atoms with E-state index in [4.69, 9.17) is 4.74 Å². The highest BCUT2D eigenvalue weighted by Gasteiger charge is 2.36. The van der Waals surface area contributed by atoms with Gasteiger partial charge in [0.2, 0.25) is 5.91 Å². The lowest BCUT2D eigenvalue weighted by Crippen LogP contribution is -2.51. The predicted molar refractivity (Wildman–Crippen MR) is 90.4 cm³/mol. The fraction of sp³-hybridized carbons (Fsp3) is 0.941. The normalized spacial score (nSPS) is 27.9. The van der Waals surface area contributed by atoms with E-state index in [2.05, 4.69) is 16.8 Å². The van der Waals surface area contributed by atoms with Crippen LogP contribution in [0.2, 0.25) is 0 Å². The summed E-state index contributed by atoms with van der Waals surface area (Å²) in [4.78, 5) is 19.3. The van der Waals surface area contributed by atoms with Crippen LogP contribution in [0, 0.1) is 5.41 Å². The van der Waals surface area contributed by atoms with Crippen LogP contribution in [0.4, 0.5) is 0 Å². The van der Waals surface area contributed by atoms with Crippen molar-refractivity contribution >= 4 is 5.91 Å². The first-order valence-electron chi connectivity index (χ1n) is 8.87. The Labute approximate surface area is 140 Å². The second-order valence-electron chi connectivity index (χ2n) is 7.25. The van der Waals surface area contributed by atoms with Crippen molar-refractivity contribution in [2.75, 3.05) is 73.2 Å². The van der Waals surface area contributed by atoms with Crippen molar-refractivity contribution in [2.45, 2.75) is 25.7 Å². The molecule has 0 spiro atoms. The van der Waals surface area contributed by atoms with E-state index in [1.165, 1.54) is 0 Å². The summed E-state index contributed by atoms with van der Waals surface area (Å²) >= 11 is 0. The molecule has 6 nitrogen and oxygen atoms in total. The number of amides is 1. The van der Waals surface area contributed by atoms with Crippen molar-refractivity contribution < 1.29 is 14.6 Å². The van der Waals surface area contributed by atoms with Crippen LogP contribution in [0.15, 0.2) is 0 Å². The predicted octanol–water partition coefficient (Wildman–Crippen LogP) is 0.262. The van der Waals surface area contributed by atoms with E-state index in [0.29, 0.717) is 19.7 Å². The van der Waals surface area contributed by atoms with Gasteiger partial charge in [0.1, 0.15) is 0 Å². The molecule has 0 unspecified atom stereocenters. The second-order valence-corrected chi connectivity index (χ2v) is 7.25. The average molecular weight is 327 g/mol. The van der Waals surface area contributed by atoms with E-state index in [-0.39, 0.29) is 17.9 Å². The van der Waals surface area contributed by atoms with Gasteiger partial charge in [0, 0.05) is 45.3 Å². The third-order valence-electron chi connectivity index (χ3n) is 5.36. The maximum Gasteiger partial charge on any atom is 0.236 e. The number of piperidine rings is 1. The molecule has 2 heterocycles. The molecule has 0 aliphatic carbocycles. The van der Waals surface area contributed by atoms with Crippen LogP contribution in [-0.2, 0) is 9.53 Å². The molecule has 23 heavy (non-hydrogen) atoms. The van der Waals surface area contributed by atoms with Gasteiger partial charge in [-0.05, 0) is 45.8 Å². The molecule has 0 bridgehead atoms. The summed E-state index contributed by atoms with van der Waals surface area (Å²) in [6.45, 7) is 6.88. The Morgan fingerprint density at radius 2 is 2.00 bits per heavy atom. The highest BCUT2D eigenvalue weighted by molar-refractivity contribution is 5.78. The Kier molecular flexibility index (Phi) is 7.27. The highest BCUT2D eigenvalue weighted by atomic mass is 16.5. The molecule has 1 atom stereocenters. The van der Waals surface area contributed by atoms with Crippen molar-refractivity contribution in [2.24, 2.45) is 5.41 Å². The number of aliphatic hydroxyl groups excluding tert-OH is 1. The van der Waals surface area contributed by atoms with E-state index in [0.717, 1.165) is 58.4 Å². The smallest absolute Gasteiger partial charge is 0.236 e. The standard InChI is InChI=1S/C17H33N3O3/c1-18-7-4-8-19(11-10-18)13-16(22)20-9-3-5-17(14-20,15-21)6-12-23-2/h21H,3-15H2,1-2H3/t17-/m0/s1. The summed E-state index contributed by atoms with van der Waals surface area (Å²) in [6.07, 6.45) is 3.89. The van der Waals surface area contributed by atoms with Crippen LogP contribution in [-0.4, -0.2) is 98.9 Å². The van der Waals surface area contributed by atoms with Crippen molar-refractivity contribution in [3.8, 4) is 0 Å². The molecular formula is C17H33N3O3. The van der Waals surface area contributed by atoms with E-state index in [1.54, 1.807) is 7.11 Å². The van der Waals surface area contributed by atoms with Gasteiger partial charge in [0.05, 0.1) is 13.2 Å². The average Bonchev–Trinajstić information content (AvgIpc) is 2.77. The second kappa shape index (κ2) is 8.97. The number of nitrogens with zero attached hydrogens (tertiary/aromatic N) is 3. The van der Waals surface area contributed by atoms with Crippen LogP contribution in [0.3, 0.4) is 0 Å². The van der Waals surface area contributed by atoms with Crippen LogP contribution in [0.1, 0.15) is 25.7 Å². The zero-order valence-corrected chi connectivity index (χ0v) is 14.8. The van der Waals surface area contributed by atoms with Gasteiger partial charge in [-0.2, -0.15) is 0 Å². The Balaban J connectivity index is 1.88. The molecule has 134 valence electrons. The Bertz CT molecular complexity index is 380. The van der Waals surface area contributed by atoms with Gasteiger partial charge in [-0.25, -0.2) is 0 Å². The number of likely N-dealkylation sites (tertiary alicyclic amines) is 1. The number of methoxy groups -OCH3 is 1. The Hall–Kier alpha value is -0.690. The summed E-state index contributed by atoms with van der Waals surface area (Å²) in [6, 6.07) is 0. The summed E-state index contributed by atoms with van der Waals surface area (Å²) in [7, 11) is 3.83. The third-order valence-corrected chi connectivity index (χ3v) is 5.36. The number of aliphatic hydroxyl groups is 1. The molecule has 2 aliphatic rings. The molecule has 2 rings (SSSR count). The van der Waals surface area contributed by atoms with Crippen LogP contribution in [0.25, 0.3) is 0 Å². The molecule has 0 aromatic rings. The van der Waals surface area contributed by atoms with Crippen molar-refractivity contribution in [1.82, 2.24) is 14.7 Å². The van der Waals surface area contributed by atoms with Gasteiger partial charge < -0.3 is 19.6 Å². The topological polar surface area (TPSA) is 56.3 Å². The molecule has 0 saturated carbocycles. The minimum atomic E-state index is -0.178. The molecule has 2 fully saturated rings. The highest BCUT2D eigenvalue weighted by Crippen LogP contribution is 2.33. The molecule has 2 aliphatic heterocycles. The molecular weight excluding hydrogens is 294 g/mol. The van der Waals surface area contributed by atoms with Gasteiger partial charge in [-0.1, -0.05) is 0 Å². The van der Waals surface area contributed by atoms with Crippen molar-refractivity contribution in [1.29, 1.82) is 0 Å². The number of carbonyl (C=O) groups is 1. The van der Waals surface area contributed by atoms with E-state index < -0.39 is 0 Å². The zero-order chi connectivity index (χ0) is 16.7. The first-order chi connectivity index (χ1) is 11.1. The SMILES string of the molecule is COCC[C@@]1(CO)CCCN(C(=O)CN2CCCN(C)CC2)C1. The van der Waals surface area contributed by atoms with Crippen LogP contribution >= 0.6 is 0 Å². The quantitative estimate of drug-likeness (QED) is 0.758. The van der Waals surface area contributed by atoms with E-state index >= 15 is 0 Å². The zero-order valence-electron chi connectivity index (χ0n) is 14.8. The fourth-order valence-corrected chi connectivity index (χ4v) is 3.70. The lowest BCUT2D eigenvalue weighted by atomic mass is 9.78. The first kappa shape index (κ1) is 18.6. The fourth-order valence-electron chi connectivity index (χ4n) is 3.70. The monoisotopic (exact) mass is 327 g/mol. The number of hydrogen-bond donors (Lipinski definition) is 1. The molecule has 0 radical (unpaired) electrons. The molecule has 6 heteroatoms. The van der Waals surface area contributed by atoms with Gasteiger partial charge >= 0.3 is 0 Å². The minimum absolute atomic E-state index is 0.134. The summed E-state index contributed by atoms with van der Waals surface area (Å²) in [5, 5.41) is 9.85. The number of hydrogen-bond acceptors (Lipinski definition) is 5. The molecule has 2 saturated heterocycles.